The quantitative estimate of drug-likeness (QED) is 0.251. The lowest BCUT2D eigenvalue weighted by Gasteiger charge is -2.36. The molecule has 192 valence electrons. The van der Waals surface area contributed by atoms with E-state index in [0.717, 1.165) is 34.6 Å². The van der Waals surface area contributed by atoms with Gasteiger partial charge in [0.2, 0.25) is 11.8 Å². The monoisotopic (exact) mass is 481 g/mol. The van der Waals surface area contributed by atoms with Crippen molar-refractivity contribution in [2.45, 2.75) is 74.7 Å². The van der Waals surface area contributed by atoms with Crippen LogP contribution in [-0.2, 0) is 14.3 Å². The van der Waals surface area contributed by atoms with Crippen LogP contribution in [0.2, 0.25) is 0 Å². The second kappa shape index (κ2) is 13.7. The van der Waals surface area contributed by atoms with Crippen LogP contribution in [0.3, 0.4) is 0 Å². The summed E-state index contributed by atoms with van der Waals surface area (Å²) >= 11 is 0. The molecule has 2 heterocycles. The number of carbonyl (C=O) groups is 2. The molecule has 35 heavy (non-hydrogen) atoms. The first-order valence-electron chi connectivity index (χ1n) is 12.4. The van der Waals surface area contributed by atoms with E-state index in [0.29, 0.717) is 12.4 Å². The topological polar surface area (TPSA) is 71.5 Å². The summed E-state index contributed by atoms with van der Waals surface area (Å²) in [5.74, 6) is 1.97. The number of nitrogens with zero attached hydrogens (tertiary/aromatic N) is 2. The molecule has 0 aliphatic carbocycles. The Hall–Kier alpha value is -3.15. The summed E-state index contributed by atoms with van der Waals surface area (Å²) in [5.41, 5.74) is 2.28. The Kier molecular flexibility index (Phi) is 11.7. The Morgan fingerprint density at radius 2 is 1.91 bits per heavy atom. The molecular formula is C29H43N3O3. The number of anilines is 1. The molecule has 0 radical (unpaired) electrons. The molecule has 1 aromatic heterocycles. The van der Waals surface area contributed by atoms with Crippen molar-refractivity contribution in [2.75, 3.05) is 18.9 Å². The van der Waals surface area contributed by atoms with Crippen LogP contribution in [0.1, 0.15) is 85.8 Å². The predicted molar refractivity (Wildman–Crippen MR) is 146 cm³/mol. The number of aromatic nitrogens is 1. The van der Waals surface area contributed by atoms with Crippen LogP contribution in [0.4, 0.5) is 5.82 Å². The number of rotatable bonds is 8. The number of carbonyl (C=O) groups excluding carboxylic acids is 2. The molecule has 6 nitrogen and oxygen atoms in total. The van der Waals surface area contributed by atoms with Gasteiger partial charge in [0.15, 0.2) is 0 Å². The van der Waals surface area contributed by atoms with Crippen molar-refractivity contribution >= 4 is 23.7 Å². The molecule has 2 amide bonds. The fourth-order valence-corrected chi connectivity index (χ4v) is 3.41. The van der Waals surface area contributed by atoms with Gasteiger partial charge in [-0.2, -0.15) is 0 Å². The molecule has 1 unspecified atom stereocenters. The molecule has 6 heteroatoms. The molecule has 0 fully saturated rings. The van der Waals surface area contributed by atoms with E-state index in [1.165, 1.54) is 6.08 Å². The van der Waals surface area contributed by atoms with Crippen LogP contribution in [0.15, 0.2) is 53.7 Å². The summed E-state index contributed by atoms with van der Waals surface area (Å²) < 4.78 is 6.07. The Morgan fingerprint density at radius 3 is 2.49 bits per heavy atom. The number of hydrogen-bond acceptors (Lipinski definition) is 4. The minimum Gasteiger partial charge on any atom is -0.460 e. The normalized spacial score (nSPS) is 16.8. The molecule has 1 aliphatic heterocycles. The van der Waals surface area contributed by atoms with Gasteiger partial charge < -0.3 is 15.0 Å². The van der Waals surface area contributed by atoms with Crippen LogP contribution in [0.25, 0.3) is 6.08 Å². The van der Waals surface area contributed by atoms with Gasteiger partial charge in [0.05, 0.1) is 12.0 Å². The standard InChI is InChI=1S/C27H37N3O3.C2H6/c1-9-11-21(12-10-2)33-23(18(3)4)17-30(8)24(31)14-13-20-15-22-19(5)27(6,7)26(32)29-25(22)28-16-20;1-2/h9,11-16,19H,10,17H2,1-8H3,(H,28,29,32);1-2H3/b11-9-,14-13+,21-12+;. The maximum Gasteiger partial charge on any atom is 0.246 e. The molecule has 0 saturated carbocycles. The second-order valence-electron chi connectivity index (χ2n) is 9.17. The lowest BCUT2D eigenvalue weighted by atomic mass is 9.73. The summed E-state index contributed by atoms with van der Waals surface area (Å²) in [4.78, 5) is 31.1. The SMILES string of the molecule is C/C=C\C(=C/CC)OC(CN(C)C(=O)/C=C/c1cnc2c(c1)C(C)C(C)(C)C(=O)N2)=C(C)C.CC. The maximum atomic E-state index is 12.8. The molecule has 1 aliphatic rings. The smallest absolute Gasteiger partial charge is 0.246 e. The van der Waals surface area contributed by atoms with Gasteiger partial charge in [-0.3, -0.25) is 9.59 Å². The molecule has 1 atom stereocenters. The minimum atomic E-state index is -0.522. The highest BCUT2D eigenvalue weighted by molar-refractivity contribution is 5.98. The lowest BCUT2D eigenvalue weighted by Crippen LogP contribution is -2.40. The summed E-state index contributed by atoms with van der Waals surface area (Å²) in [6, 6.07) is 1.99. The Bertz CT molecular complexity index is 1010. The minimum absolute atomic E-state index is 0.0143. The fraction of sp³-hybridized carbons (Fsp3) is 0.483. The number of pyridine rings is 1. The van der Waals surface area contributed by atoms with Crippen LogP contribution in [0, 0.1) is 5.41 Å². The van der Waals surface area contributed by atoms with Gasteiger partial charge in [0.25, 0.3) is 0 Å². The van der Waals surface area contributed by atoms with Gasteiger partial charge >= 0.3 is 0 Å². The fourth-order valence-electron chi connectivity index (χ4n) is 3.41. The van der Waals surface area contributed by atoms with E-state index in [9.17, 15) is 9.59 Å². The highest BCUT2D eigenvalue weighted by atomic mass is 16.5. The van der Waals surface area contributed by atoms with E-state index in [-0.39, 0.29) is 17.7 Å². The zero-order chi connectivity index (χ0) is 26.8. The largest absolute Gasteiger partial charge is 0.460 e. The summed E-state index contributed by atoms with van der Waals surface area (Å²) in [5, 5.41) is 2.88. The third-order valence-corrected chi connectivity index (χ3v) is 6.01. The van der Waals surface area contributed by atoms with Crippen LogP contribution >= 0.6 is 0 Å². The third kappa shape index (κ3) is 7.94. The van der Waals surface area contributed by atoms with Crippen LogP contribution < -0.4 is 5.32 Å². The zero-order valence-electron chi connectivity index (χ0n) is 23.2. The number of ether oxygens (including phenoxy) is 1. The molecule has 2 rings (SSSR count). The average Bonchev–Trinajstić information content (AvgIpc) is 2.82. The van der Waals surface area contributed by atoms with Crippen molar-refractivity contribution in [1.82, 2.24) is 9.88 Å². The van der Waals surface area contributed by atoms with Crippen molar-refractivity contribution < 1.29 is 14.3 Å². The van der Waals surface area contributed by atoms with E-state index >= 15 is 0 Å². The van der Waals surface area contributed by atoms with Gasteiger partial charge in [0.1, 0.15) is 17.3 Å². The number of amides is 2. The first-order valence-corrected chi connectivity index (χ1v) is 12.4. The molecule has 0 spiro atoms. The first kappa shape index (κ1) is 29.9. The van der Waals surface area contributed by atoms with Gasteiger partial charge in [-0.25, -0.2) is 4.98 Å². The molecular weight excluding hydrogens is 438 g/mol. The Labute approximate surface area is 211 Å². The average molecular weight is 482 g/mol. The molecule has 1 aromatic rings. The summed E-state index contributed by atoms with van der Waals surface area (Å²) in [7, 11) is 1.75. The van der Waals surface area contributed by atoms with Crippen molar-refractivity contribution in [3.05, 3.63) is 64.8 Å². The number of nitrogens with one attached hydrogen (secondary N) is 1. The lowest BCUT2D eigenvalue weighted by molar-refractivity contribution is -0.125. The molecule has 1 N–H and O–H groups in total. The van der Waals surface area contributed by atoms with E-state index in [1.807, 2.05) is 79.7 Å². The van der Waals surface area contributed by atoms with E-state index in [2.05, 4.69) is 17.2 Å². The number of likely N-dealkylation sites (N-methyl/N-ethyl adjacent to an activating group) is 1. The van der Waals surface area contributed by atoms with Crippen LogP contribution in [0.5, 0.6) is 0 Å². The molecule has 0 saturated heterocycles. The van der Waals surface area contributed by atoms with Crippen molar-refractivity contribution in [2.24, 2.45) is 5.41 Å². The van der Waals surface area contributed by atoms with Crippen molar-refractivity contribution in [3.63, 3.8) is 0 Å². The number of fused-ring (bicyclic) bond motifs is 1. The van der Waals surface area contributed by atoms with E-state index in [1.54, 1.807) is 24.2 Å². The Morgan fingerprint density at radius 1 is 1.26 bits per heavy atom. The predicted octanol–water partition coefficient (Wildman–Crippen LogP) is 6.84. The second-order valence-corrected chi connectivity index (χ2v) is 9.17. The molecule has 0 bridgehead atoms. The third-order valence-electron chi connectivity index (χ3n) is 6.01. The van der Waals surface area contributed by atoms with Gasteiger partial charge in [-0.15, -0.1) is 0 Å². The van der Waals surface area contributed by atoms with Gasteiger partial charge in [-0.1, -0.05) is 47.6 Å². The summed E-state index contributed by atoms with van der Waals surface area (Å²) in [6.07, 6.45) is 11.7. The highest BCUT2D eigenvalue weighted by Crippen LogP contribution is 2.42. The maximum absolute atomic E-state index is 12.8. The first-order chi connectivity index (χ1) is 16.5. The van der Waals surface area contributed by atoms with Crippen molar-refractivity contribution in [3.8, 4) is 0 Å². The zero-order valence-corrected chi connectivity index (χ0v) is 23.2. The molecule has 0 aromatic carbocycles. The van der Waals surface area contributed by atoms with Gasteiger partial charge in [0, 0.05) is 19.3 Å². The van der Waals surface area contributed by atoms with Crippen molar-refractivity contribution in [1.29, 1.82) is 0 Å². The van der Waals surface area contributed by atoms with Crippen LogP contribution in [-0.4, -0.2) is 35.3 Å². The number of allylic oxidation sites excluding steroid dienone is 4. The highest BCUT2D eigenvalue weighted by Gasteiger charge is 2.40. The summed E-state index contributed by atoms with van der Waals surface area (Å²) in [6.45, 7) is 18.2. The number of hydrogen-bond donors (Lipinski definition) is 1. The van der Waals surface area contributed by atoms with E-state index in [4.69, 9.17) is 4.74 Å². The Balaban J connectivity index is 0.00000298. The van der Waals surface area contributed by atoms with E-state index < -0.39 is 5.41 Å². The van der Waals surface area contributed by atoms with Gasteiger partial charge in [-0.05, 0) is 74.1 Å².